The summed E-state index contributed by atoms with van der Waals surface area (Å²) in [6, 6.07) is 0.377. The molecule has 0 saturated heterocycles. The van der Waals surface area contributed by atoms with Crippen LogP contribution in [0.15, 0.2) is 6.20 Å². The van der Waals surface area contributed by atoms with Crippen molar-refractivity contribution >= 4 is 22.4 Å². The van der Waals surface area contributed by atoms with Crippen LogP contribution in [0, 0.1) is 11.8 Å². The van der Waals surface area contributed by atoms with Gasteiger partial charge in [0.05, 0.1) is 5.92 Å². The number of anilines is 1. The number of aromatic nitrogens is 1. The molecule has 2 aliphatic rings. The van der Waals surface area contributed by atoms with E-state index in [4.69, 9.17) is 0 Å². The molecule has 0 radical (unpaired) electrons. The van der Waals surface area contributed by atoms with Gasteiger partial charge >= 0.3 is 6.18 Å². The van der Waals surface area contributed by atoms with Crippen molar-refractivity contribution in [2.45, 2.75) is 56.7 Å². The highest BCUT2D eigenvalue weighted by Gasteiger charge is 2.46. The Morgan fingerprint density at radius 2 is 2.00 bits per heavy atom. The Morgan fingerprint density at radius 1 is 1.29 bits per heavy atom. The highest BCUT2D eigenvalue weighted by atomic mass is 32.1. The third-order valence-electron chi connectivity index (χ3n) is 5.22. The van der Waals surface area contributed by atoms with Gasteiger partial charge in [0.1, 0.15) is 0 Å². The van der Waals surface area contributed by atoms with E-state index in [1.54, 1.807) is 0 Å². The highest BCUT2D eigenvalue weighted by Crippen LogP contribution is 2.48. The summed E-state index contributed by atoms with van der Waals surface area (Å²) in [5.74, 6) is -1.94. The number of nitrogens with zero attached hydrogens (tertiary/aromatic N) is 1. The molecule has 1 aromatic heterocycles. The largest absolute Gasteiger partial charge is 0.392 e. The van der Waals surface area contributed by atoms with E-state index in [2.05, 4.69) is 15.6 Å². The minimum absolute atomic E-state index is 0.0348. The van der Waals surface area contributed by atoms with Crippen molar-refractivity contribution in [3.8, 4) is 0 Å². The standard InChI is InChI=1S/C16H22F3N3OS/c1-20-10-6-9(7-10)14(23)22-15-21-8-13(24-15)11-4-2-3-5-12(11)16(17,18)19/h8-12,20H,2-7H2,1H3,(H,21,22,23)/t9?,10?,11-,12+/m1/s1. The second-order valence-electron chi connectivity index (χ2n) is 6.75. The Balaban J connectivity index is 1.63. The van der Waals surface area contributed by atoms with Crippen LogP contribution in [0.4, 0.5) is 18.3 Å². The number of rotatable bonds is 4. The van der Waals surface area contributed by atoms with Gasteiger partial charge in [0.15, 0.2) is 5.13 Å². The predicted octanol–water partition coefficient (Wildman–Crippen LogP) is 3.92. The molecular formula is C16H22F3N3OS. The van der Waals surface area contributed by atoms with Gasteiger partial charge in [-0.2, -0.15) is 13.2 Å². The minimum Gasteiger partial charge on any atom is -0.317 e. The lowest BCUT2D eigenvalue weighted by molar-refractivity contribution is -0.187. The van der Waals surface area contributed by atoms with Crippen molar-refractivity contribution in [1.82, 2.24) is 10.3 Å². The van der Waals surface area contributed by atoms with Crippen molar-refractivity contribution in [2.75, 3.05) is 12.4 Å². The molecule has 2 aliphatic carbocycles. The first-order chi connectivity index (χ1) is 11.4. The molecule has 8 heteroatoms. The van der Waals surface area contributed by atoms with E-state index in [-0.39, 0.29) is 18.2 Å². The number of halogens is 3. The average Bonchev–Trinajstić information content (AvgIpc) is 2.93. The fourth-order valence-corrected chi connectivity index (χ4v) is 4.67. The maximum Gasteiger partial charge on any atom is 0.392 e. The summed E-state index contributed by atoms with van der Waals surface area (Å²) in [4.78, 5) is 16.9. The Hall–Kier alpha value is -1.15. The molecule has 2 atom stereocenters. The smallest absolute Gasteiger partial charge is 0.317 e. The monoisotopic (exact) mass is 361 g/mol. The SMILES string of the molecule is CNC1CC(C(=O)Nc2ncc([C@@H]3CCCC[C@@H]3C(F)(F)F)s2)C1. The average molecular weight is 361 g/mol. The van der Waals surface area contributed by atoms with Crippen LogP contribution < -0.4 is 10.6 Å². The zero-order valence-electron chi connectivity index (χ0n) is 13.5. The molecule has 1 aromatic rings. The third kappa shape index (κ3) is 3.74. The summed E-state index contributed by atoms with van der Waals surface area (Å²) in [6.07, 6.45) is 1.06. The van der Waals surface area contributed by atoms with Gasteiger partial charge in [-0.15, -0.1) is 11.3 Å². The Labute approximate surface area is 143 Å². The van der Waals surface area contributed by atoms with Crippen LogP contribution in [-0.2, 0) is 4.79 Å². The fourth-order valence-electron chi connectivity index (χ4n) is 3.65. The summed E-state index contributed by atoms with van der Waals surface area (Å²) in [7, 11) is 1.87. The van der Waals surface area contributed by atoms with Crippen LogP contribution in [-0.4, -0.2) is 30.2 Å². The summed E-state index contributed by atoms with van der Waals surface area (Å²) in [6.45, 7) is 0. The first-order valence-electron chi connectivity index (χ1n) is 8.39. The van der Waals surface area contributed by atoms with E-state index in [1.807, 2.05) is 7.05 Å². The molecule has 2 saturated carbocycles. The molecule has 0 bridgehead atoms. The van der Waals surface area contributed by atoms with E-state index in [9.17, 15) is 18.0 Å². The van der Waals surface area contributed by atoms with Gasteiger partial charge in [0.25, 0.3) is 0 Å². The van der Waals surface area contributed by atoms with Gasteiger partial charge in [0.2, 0.25) is 5.91 Å². The van der Waals surface area contributed by atoms with Crippen molar-refractivity contribution in [2.24, 2.45) is 11.8 Å². The first kappa shape index (κ1) is 17.7. The van der Waals surface area contributed by atoms with Gasteiger partial charge in [-0.1, -0.05) is 12.8 Å². The summed E-state index contributed by atoms with van der Waals surface area (Å²) in [5.41, 5.74) is 0. The number of carbonyl (C=O) groups is 1. The molecule has 1 heterocycles. The number of thiazole rings is 1. The second-order valence-corrected chi connectivity index (χ2v) is 7.81. The topological polar surface area (TPSA) is 54.0 Å². The Kier molecular flexibility index (Phi) is 5.15. The van der Waals surface area contributed by atoms with Crippen molar-refractivity contribution in [3.05, 3.63) is 11.1 Å². The Bertz CT molecular complexity index is 583. The molecule has 3 rings (SSSR count). The van der Waals surface area contributed by atoms with Crippen LogP contribution in [0.5, 0.6) is 0 Å². The van der Waals surface area contributed by atoms with Crippen molar-refractivity contribution in [1.29, 1.82) is 0 Å². The van der Waals surface area contributed by atoms with Crippen LogP contribution in [0.2, 0.25) is 0 Å². The van der Waals surface area contributed by atoms with E-state index in [0.29, 0.717) is 28.9 Å². The van der Waals surface area contributed by atoms with E-state index in [0.717, 1.165) is 19.3 Å². The van der Waals surface area contributed by atoms with Crippen molar-refractivity contribution in [3.63, 3.8) is 0 Å². The van der Waals surface area contributed by atoms with E-state index < -0.39 is 18.0 Å². The summed E-state index contributed by atoms with van der Waals surface area (Å²) < 4.78 is 39.7. The number of hydrogen-bond acceptors (Lipinski definition) is 4. The number of hydrogen-bond donors (Lipinski definition) is 2. The molecule has 2 N–H and O–H groups in total. The number of amides is 1. The lowest BCUT2D eigenvalue weighted by Gasteiger charge is -2.33. The minimum atomic E-state index is -4.17. The quantitative estimate of drug-likeness (QED) is 0.855. The third-order valence-corrected chi connectivity index (χ3v) is 6.27. The maximum absolute atomic E-state index is 13.2. The molecule has 1 amide bonds. The van der Waals surface area contributed by atoms with Gasteiger partial charge in [0, 0.05) is 29.0 Å². The van der Waals surface area contributed by atoms with Crippen LogP contribution in [0.25, 0.3) is 0 Å². The first-order valence-corrected chi connectivity index (χ1v) is 9.20. The molecule has 134 valence electrons. The summed E-state index contributed by atoms with van der Waals surface area (Å²) in [5, 5.41) is 6.29. The molecule has 4 nitrogen and oxygen atoms in total. The molecule has 0 spiro atoms. The normalized spacial score (nSPS) is 30.7. The zero-order chi connectivity index (χ0) is 17.3. The molecule has 0 aliphatic heterocycles. The second kappa shape index (κ2) is 7.00. The Morgan fingerprint density at radius 3 is 2.67 bits per heavy atom. The van der Waals surface area contributed by atoms with Crippen LogP contribution in [0.1, 0.15) is 49.3 Å². The molecule has 2 fully saturated rings. The number of nitrogens with one attached hydrogen (secondary N) is 2. The maximum atomic E-state index is 13.2. The van der Waals surface area contributed by atoms with Gasteiger partial charge in [-0.25, -0.2) is 4.98 Å². The van der Waals surface area contributed by atoms with Gasteiger partial charge < -0.3 is 10.6 Å². The number of alkyl halides is 3. The zero-order valence-corrected chi connectivity index (χ0v) is 14.3. The fraction of sp³-hybridized carbons (Fsp3) is 0.750. The van der Waals surface area contributed by atoms with Gasteiger partial charge in [-0.3, -0.25) is 4.79 Å². The van der Waals surface area contributed by atoms with Crippen LogP contribution >= 0.6 is 11.3 Å². The molecular weight excluding hydrogens is 339 g/mol. The predicted molar refractivity (Wildman–Crippen MR) is 87.1 cm³/mol. The molecule has 0 aromatic carbocycles. The van der Waals surface area contributed by atoms with E-state index in [1.165, 1.54) is 17.5 Å². The van der Waals surface area contributed by atoms with Crippen LogP contribution in [0.3, 0.4) is 0 Å². The number of carbonyl (C=O) groups excluding carboxylic acids is 1. The van der Waals surface area contributed by atoms with Crippen molar-refractivity contribution < 1.29 is 18.0 Å². The summed E-state index contributed by atoms with van der Waals surface area (Å²) >= 11 is 1.19. The van der Waals surface area contributed by atoms with Gasteiger partial charge in [-0.05, 0) is 32.7 Å². The highest BCUT2D eigenvalue weighted by molar-refractivity contribution is 7.15. The molecule has 0 unspecified atom stereocenters. The lowest BCUT2D eigenvalue weighted by Crippen LogP contribution is -2.44. The molecule has 24 heavy (non-hydrogen) atoms. The lowest BCUT2D eigenvalue weighted by atomic mass is 9.78. The van der Waals surface area contributed by atoms with E-state index >= 15 is 0 Å².